The zero-order valence-corrected chi connectivity index (χ0v) is 12.4. The van der Waals surface area contributed by atoms with Crippen molar-refractivity contribution in [2.45, 2.75) is 26.7 Å². The lowest BCUT2D eigenvalue weighted by Crippen LogP contribution is -1.91. The van der Waals surface area contributed by atoms with Crippen LogP contribution >= 0.6 is 22.9 Å². The van der Waals surface area contributed by atoms with Crippen molar-refractivity contribution in [3.05, 3.63) is 46.4 Å². The highest BCUT2D eigenvalue weighted by Gasteiger charge is 2.16. The van der Waals surface area contributed by atoms with E-state index in [-0.39, 0.29) is 0 Å². The van der Waals surface area contributed by atoms with Gasteiger partial charge in [-0.2, -0.15) is 0 Å². The summed E-state index contributed by atoms with van der Waals surface area (Å²) in [5.41, 5.74) is 3.18. The van der Waals surface area contributed by atoms with Crippen LogP contribution in [0.3, 0.4) is 0 Å². The van der Waals surface area contributed by atoms with Crippen molar-refractivity contribution in [2.24, 2.45) is 0 Å². The Bertz CT molecular complexity index is 584. The molecule has 0 N–H and O–H groups in total. The molecule has 0 unspecified atom stereocenters. The van der Waals surface area contributed by atoms with Crippen LogP contribution in [0, 0.1) is 0 Å². The number of benzene rings is 1. The van der Waals surface area contributed by atoms with Gasteiger partial charge in [0.25, 0.3) is 0 Å². The van der Waals surface area contributed by atoms with Gasteiger partial charge >= 0.3 is 0 Å². The molecular weight excluding hydrogens is 262 g/mol. The number of hydrogen-bond donors (Lipinski definition) is 0. The maximum absolute atomic E-state index is 6.22. The quantitative estimate of drug-likeness (QED) is 0.709. The van der Waals surface area contributed by atoms with Crippen LogP contribution in [-0.4, -0.2) is 4.98 Å². The Labute approximate surface area is 117 Å². The molecule has 0 aliphatic carbocycles. The van der Waals surface area contributed by atoms with Crippen molar-refractivity contribution in [1.82, 2.24) is 4.98 Å². The second-order valence-corrected chi connectivity index (χ2v) is 6.05. The van der Waals surface area contributed by atoms with E-state index in [1.807, 2.05) is 31.2 Å². The number of halogens is 1. The van der Waals surface area contributed by atoms with Crippen molar-refractivity contribution < 1.29 is 0 Å². The fourth-order valence-corrected chi connectivity index (χ4v) is 3.25. The Morgan fingerprint density at radius 2 is 2.00 bits per heavy atom. The summed E-state index contributed by atoms with van der Waals surface area (Å²) >= 11 is 7.89. The maximum atomic E-state index is 6.22. The Morgan fingerprint density at radius 3 is 2.50 bits per heavy atom. The highest BCUT2D eigenvalue weighted by molar-refractivity contribution is 7.16. The summed E-state index contributed by atoms with van der Waals surface area (Å²) in [6, 6.07) is 7.82. The van der Waals surface area contributed by atoms with E-state index in [0.717, 1.165) is 26.9 Å². The molecule has 1 heterocycles. The average Bonchev–Trinajstić information content (AvgIpc) is 2.74. The second kappa shape index (κ2) is 5.25. The molecular formula is C15H16ClNS. The zero-order chi connectivity index (χ0) is 13.3. The minimum Gasteiger partial charge on any atom is -0.240 e. The van der Waals surface area contributed by atoms with Gasteiger partial charge in [-0.3, -0.25) is 0 Å². The SMILES string of the molecule is C=C(C)c1sc(-c2ccccc2Cl)nc1C(C)C. The monoisotopic (exact) mass is 277 g/mol. The predicted molar refractivity (Wildman–Crippen MR) is 81.4 cm³/mol. The van der Waals surface area contributed by atoms with Gasteiger partial charge in [0, 0.05) is 5.56 Å². The number of rotatable bonds is 3. The average molecular weight is 278 g/mol. The maximum Gasteiger partial charge on any atom is 0.125 e. The summed E-state index contributed by atoms with van der Waals surface area (Å²) in [5.74, 6) is 0.393. The lowest BCUT2D eigenvalue weighted by Gasteiger charge is -2.03. The Morgan fingerprint density at radius 1 is 1.33 bits per heavy atom. The van der Waals surface area contributed by atoms with Gasteiger partial charge in [0.1, 0.15) is 5.01 Å². The van der Waals surface area contributed by atoms with Crippen LogP contribution in [0.2, 0.25) is 5.02 Å². The third kappa shape index (κ3) is 2.50. The van der Waals surface area contributed by atoms with Gasteiger partial charge in [-0.05, 0) is 24.5 Å². The molecule has 0 aliphatic rings. The van der Waals surface area contributed by atoms with Crippen molar-refractivity contribution in [3.63, 3.8) is 0 Å². The third-order valence-electron chi connectivity index (χ3n) is 2.69. The first kappa shape index (κ1) is 13.3. The van der Waals surface area contributed by atoms with Crippen LogP contribution < -0.4 is 0 Å². The highest BCUT2D eigenvalue weighted by Crippen LogP contribution is 2.37. The van der Waals surface area contributed by atoms with Crippen molar-refractivity contribution in [1.29, 1.82) is 0 Å². The largest absolute Gasteiger partial charge is 0.240 e. The first-order chi connectivity index (χ1) is 8.50. The van der Waals surface area contributed by atoms with Gasteiger partial charge in [-0.15, -0.1) is 11.3 Å². The summed E-state index contributed by atoms with van der Waals surface area (Å²) in [5, 5.41) is 1.72. The van der Waals surface area contributed by atoms with E-state index in [4.69, 9.17) is 16.6 Å². The summed E-state index contributed by atoms with van der Waals surface area (Å²) < 4.78 is 0. The van der Waals surface area contributed by atoms with Crippen molar-refractivity contribution in [3.8, 4) is 10.6 Å². The molecule has 1 nitrogen and oxygen atoms in total. The number of hydrogen-bond acceptors (Lipinski definition) is 2. The number of thiazole rings is 1. The highest BCUT2D eigenvalue weighted by atomic mass is 35.5. The fourth-order valence-electron chi connectivity index (χ4n) is 1.78. The van der Waals surface area contributed by atoms with E-state index in [0.29, 0.717) is 5.92 Å². The van der Waals surface area contributed by atoms with Gasteiger partial charge < -0.3 is 0 Å². The molecule has 94 valence electrons. The molecule has 2 aromatic rings. The minimum atomic E-state index is 0.393. The molecule has 0 saturated carbocycles. The lowest BCUT2D eigenvalue weighted by atomic mass is 10.1. The van der Waals surface area contributed by atoms with Gasteiger partial charge in [0.05, 0.1) is 15.6 Å². The van der Waals surface area contributed by atoms with E-state index >= 15 is 0 Å². The van der Waals surface area contributed by atoms with Crippen molar-refractivity contribution >= 4 is 28.5 Å². The summed E-state index contributed by atoms with van der Waals surface area (Å²) in [6.07, 6.45) is 0. The summed E-state index contributed by atoms with van der Waals surface area (Å²) in [4.78, 5) is 5.92. The molecule has 0 amide bonds. The standard InChI is InChI=1S/C15H16ClNS/c1-9(2)13-14(10(3)4)18-15(17-13)11-7-5-6-8-12(11)16/h5-9H,3H2,1-2,4H3. The van der Waals surface area contributed by atoms with Crippen LogP contribution in [-0.2, 0) is 0 Å². The lowest BCUT2D eigenvalue weighted by molar-refractivity contribution is 0.831. The van der Waals surface area contributed by atoms with E-state index in [1.165, 1.54) is 4.88 Å². The van der Waals surface area contributed by atoms with E-state index < -0.39 is 0 Å². The molecule has 18 heavy (non-hydrogen) atoms. The van der Waals surface area contributed by atoms with Gasteiger partial charge in [-0.25, -0.2) is 4.98 Å². The van der Waals surface area contributed by atoms with Crippen LogP contribution in [0.4, 0.5) is 0 Å². The van der Waals surface area contributed by atoms with Gasteiger partial charge in [-0.1, -0.05) is 50.2 Å². The molecule has 0 saturated heterocycles. The second-order valence-electron chi connectivity index (χ2n) is 4.65. The molecule has 0 atom stereocenters. The number of aromatic nitrogens is 1. The topological polar surface area (TPSA) is 12.9 Å². The Balaban J connectivity index is 2.57. The minimum absolute atomic E-state index is 0.393. The smallest absolute Gasteiger partial charge is 0.125 e. The number of nitrogens with zero attached hydrogens (tertiary/aromatic N) is 1. The molecule has 1 aromatic carbocycles. The van der Waals surface area contributed by atoms with Crippen LogP contribution in [0.5, 0.6) is 0 Å². The van der Waals surface area contributed by atoms with Crippen LogP contribution in [0.15, 0.2) is 30.8 Å². The van der Waals surface area contributed by atoms with E-state index in [1.54, 1.807) is 11.3 Å². The summed E-state index contributed by atoms with van der Waals surface area (Å²) in [6.45, 7) is 10.4. The van der Waals surface area contributed by atoms with Gasteiger partial charge in [0.2, 0.25) is 0 Å². The van der Waals surface area contributed by atoms with E-state index in [9.17, 15) is 0 Å². The zero-order valence-electron chi connectivity index (χ0n) is 10.8. The molecule has 0 aliphatic heterocycles. The predicted octanol–water partition coefficient (Wildman–Crippen LogP) is 5.62. The van der Waals surface area contributed by atoms with Crippen molar-refractivity contribution in [2.75, 3.05) is 0 Å². The van der Waals surface area contributed by atoms with Gasteiger partial charge in [0.15, 0.2) is 0 Å². The van der Waals surface area contributed by atoms with Crippen LogP contribution in [0.25, 0.3) is 16.1 Å². The number of allylic oxidation sites excluding steroid dienone is 1. The Kier molecular flexibility index (Phi) is 3.88. The summed E-state index contributed by atoms with van der Waals surface area (Å²) in [7, 11) is 0. The molecule has 2 rings (SSSR count). The first-order valence-electron chi connectivity index (χ1n) is 5.92. The molecule has 0 bridgehead atoms. The molecule has 0 spiro atoms. The molecule has 0 radical (unpaired) electrons. The normalized spacial score (nSPS) is 10.9. The van der Waals surface area contributed by atoms with E-state index in [2.05, 4.69) is 20.4 Å². The third-order valence-corrected chi connectivity index (χ3v) is 4.29. The molecule has 1 aromatic heterocycles. The molecule has 3 heteroatoms. The Hall–Kier alpha value is -1.12. The fraction of sp³-hybridized carbons (Fsp3) is 0.267. The first-order valence-corrected chi connectivity index (χ1v) is 7.11. The van der Waals surface area contributed by atoms with Crippen LogP contribution in [0.1, 0.15) is 37.3 Å². The molecule has 0 fully saturated rings.